The molecular formula is C12H15BrO3. The molecule has 4 heteroatoms. The fourth-order valence-electron chi connectivity index (χ4n) is 1.38. The van der Waals surface area contributed by atoms with Crippen LogP contribution in [0.4, 0.5) is 0 Å². The van der Waals surface area contributed by atoms with Crippen molar-refractivity contribution >= 4 is 21.9 Å². The molecule has 1 aromatic rings. The van der Waals surface area contributed by atoms with Gasteiger partial charge in [0, 0.05) is 4.47 Å². The van der Waals surface area contributed by atoms with Crippen molar-refractivity contribution in [1.82, 2.24) is 0 Å². The van der Waals surface area contributed by atoms with E-state index in [0.29, 0.717) is 12.2 Å². The number of benzene rings is 1. The van der Waals surface area contributed by atoms with Crippen LogP contribution in [-0.2, 0) is 4.79 Å². The van der Waals surface area contributed by atoms with Crippen LogP contribution in [0.1, 0.15) is 19.8 Å². The zero-order chi connectivity index (χ0) is 12.0. The molecule has 0 aliphatic heterocycles. The first-order chi connectivity index (χ1) is 7.63. The fourth-order valence-corrected chi connectivity index (χ4v) is 1.76. The molecule has 16 heavy (non-hydrogen) atoms. The van der Waals surface area contributed by atoms with Crippen LogP contribution >= 0.6 is 15.9 Å². The number of carbonyl (C=O) groups is 1. The summed E-state index contributed by atoms with van der Waals surface area (Å²) in [6, 6.07) is 7.39. The molecule has 1 rings (SSSR count). The average Bonchev–Trinajstić information content (AvgIpc) is 2.24. The van der Waals surface area contributed by atoms with E-state index in [2.05, 4.69) is 15.9 Å². The molecule has 0 amide bonds. The fraction of sp³-hybridized carbons (Fsp3) is 0.417. The monoisotopic (exact) mass is 286 g/mol. The first-order valence-corrected chi connectivity index (χ1v) is 6.04. The second-order valence-corrected chi connectivity index (χ2v) is 4.51. The second kappa shape index (κ2) is 6.53. The standard InChI is InChI=1S/C12H15BrO3/c1-2-4-9(12(14)15)8-16-11-6-3-5-10(13)7-11/h3,5-7,9H,2,4,8H2,1H3,(H,14,15). The molecule has 0 aliphatic rings. The van der Waals surface area contributed by atoms with E-state index in [1.807, 2.05) is 31.2 Å². The van der Waals surface area contributed by atoms with Crippen molar-refractivity contribution in [3.05, 3.63) is 28.7 Å². The van der Waals surface area contributed by atoms with Gasteiger partial charge in [-0.05, 0) is 24.6 Å². The number of carboxylic acids is 1. The first kappa shape index (κ1) is 13.0. The van der Waals surface area contributed by atoms with Gasteiger partial charge in [-0.1, -0.05) is 35.3 Å². The maximum absolute atomic E-state index is 10.9. The van der Waals surface area contributed by atoms with Gasteiger partial charge in [-0.3, -0.25) is 4.79 Å². The minimum atomic E-state index is -0.795. The lowest BCUT2D eigenvalue weighted by atomic mass is 10.1. The van der Waals surface area contributed by atoms with Gasteiger partial charge in [0.15, 0.2) is 0 Å². The second-order valence-electron chi connectivity index (χ2n) is 3.59. The molecule has 1 unspecified atom stereocenters. The van der Waals surface area contributed by atoms with E-state index < -0.39 is 11.9 Å². The minimum Gasteiger partial charge on any atom is -0.493 e. The summed E-state index contributed by atoms with van der Waals surface area (Å²) in [5, 5.41) is 8.95. The van der Waals surface area contributed by atoms with E-state index >= 15 is 0 Å². The van der Waals surface area contributed by atoms with Gasteiger partial charge in [-0.2, -0.15) is 0 Å². The van der Waals surface area contributed by atoms with E-state index in [-0.39, 0.29) is 6.61 Å². The number of hydrogen-bond donors (Lipinski definition) is 1. The Bertz CT molecular complexity index is 352. The summed E-state index contributed by atoms with van der Waals surface area (Å²) in [5.74, 6) is -0.530. The van der Waals surface area contributed by atoms with Gasteiger partial charge < -0.3 is 9.84 Å². The molecule has 88 valence electrons. The third-order valence-corrected chi connectivity index (χ3v) is 2.73. The van der Waals surface area contributed by atoms with Gasteiger partial charge in [0.2, 0.25) is 0 Å². The van der Waals surface area contributed by atoms with Crippen molar-refractivity contribution in [2.45, 2.75) is 19.8 Å². The molecule has 1 N–H and O–H groups in total. The lowest BCUT2D eigenvalue weighted by Crippen LogP contribution is -2.21. The van der Waals surface area contributed by atoms with Crippen LogP contribution in [0.25, 0.3) is 0 Å². The maximum Gasteiger partial charge on any atom is 0.309 e. The quantitative estimate of drug-likeness (QED) is 0.873. The van der Waals surface area contributed by atoms with Crippen LogP contribution in [-0.4, -0.2) is 17.7 Å². The lowest BCUT2D eigenvalue weighted by molar-refractivity contribution is -0.143. The Kier molecular flexibility index (Phi) is 5.32. The van der Waals surface area contributed by atoms with E-state index in [1.54, 1.807) is 0 Å². The Morgan fingerprint density at radius 1 is 1.56 bits per heavy atom. The number of halogens is 1. The number of aliphatic carboxylic acids is 1. The number of hydrogen-bond acceptors (Lipinski definition) is 2. The molecule has 0 saturated heterocycles. The van der Waals surface area contributed by atoms with Crippen molar-refractivity contribution < 1.29 is 14.6 Å². The molecule has 0 aromatic heterocycles. The molecule has 0 radical (unpaired) electrons. The summed E-state index contributed by atoms with van der Waals surface area (Å²) in [7, 11) is 0. The predicted molar refractivity (Wildman–Crippen MR) is 65.7 cm³/mol. The van der Waals surface area contributed by atoms with E-state index in [9.17, 15) is 4.79 Å². The van der Waals surface area contributed by atoms with Gasteiger partial charge in [-0.15, -0.1) is 0 Å². The minimum absolute atomic E-state index is 0.222. The number of carboxylic acid groups (broad SMARTS) is 1. The first-order valence-electron chi connectivity index (χ1n) is 5.24. The third kappa shape index (κ3) is 4.23. The average molecular weight is 287 g/mol. The van der Waals surface area contributed by atoms with E-state index in [1.165, 1.54) is 0 Å². The highest BCUT2D eigenvalue weighted by molar-refractivity contribution is 9.10. The SMILES string of the molecule is CCCC(COc1cccc(Br)c1)C(=O)O. The van der Waals surface area contributed by atoms with Crippen LogP contribution in [0, 0.1) is 5.92 Å². The molecule has 0 spiro atoms. The molecule has 0 heterocycles. The summed E-state index contributed by atoms with van der Waals surface area (Å²) in [6.45, 7) is 2.19. The Hall–Kier alpha value is -1.03. The van der Waals surface area contributed by atoms with Crippen molar-refractivity contribution in [2.24, 2.45) is 5.92 Å². The largest absolute Gasteiger partial charge is 0.493 e. The maximum atomic E-state index is 10.9. The molecular weight excluding hydrogens is 272 g/mol. The van der Waals surface area contributed by atoms with Crippen LogP contribution in [0.5, 0.6) is 5.75 Å². The van der Waals surface area contributed by atoms with Crippen molar-refractivity contribution in [3.8, 4) is 5.75 Å². The molecule has 0 bridgehead atoms. The Morgan fingerprint density at radius 3 is 2.88 bits per heavy atom. The summed E-state index contributed by atoms with van der Waals surface area (Å²) in [4.78, 5) is 10.9. The lowest BCUT2D eigenvalue weighted by Gasteiger charge is -2.12. The molecule has 1 aromatic carbocycles. The number of ether oxygens (including phenoxy) is 1. The van der Waals surface area contributed by atoms with Crippen LogP contribution < -0.4 is 4.74 Å². The molecule has 1 atom stereocenters. The summed E-state index contributed by atoms with van der Waals surface area (Å²) < 4.78 is 6.38. The van der Waals surface area contributed by atoms with Gasteiger partial charge in [0.05, 0.1) is 5.92 Å². The highest BCUT2D eigenvalue weighted by Crippen LogP contribution is 2.19. The van der Waals surface area contributed by atoms with Gasteiger partial charge in [-0.25, -0.2) is 0 Å². The van der Waals surface area contributed by atoms with Gasteiger partial charge in [0.1, 0.15) is 12.4 Å². The molecule has 0 aliphatic carbocycles. The normalized spacial score (nSPS) is 12.1. The summed E-state index contributed by atoms with van der Waals surface area (Å²) >= 11 is 3.33. The van der Waals surface area contributed by atoms with E-state index in [4.69, 9.17) is 9.84 Å². The predicted octanol–water partition coefficient (Wildman–Crippen LogP) is 3.33. The van der Waals surface area contributed by atoms with E-state index in [0.717, 1.165) is 10.9 Å². The van der Waals surface area contributed by atoms with Crippen LogP contribution in [0.15, 0.2) is 28.7 Å². The Labute approximate surface area is 104 Å². The zero-order valence-corrected chi connectivity index (χ0v) is 10.7. The highest BCUT2D eigenvalue weighted by Gasteiger charge is 2.16. The summed E-state index contributed by atoms with van der Waals surface area (Å²) in [6.07, 6.45) is 1.49. The molecule has 0 saturated carbocycles. The number of rotatable bonds is 6. The zero-order valence-electron chi connectivity index (χ0n) is 9.15. The Morgan fingerprint density at radius 2 is 2.31 bits per heavy atom. The van der Waals surface area contributed by atoms with Crippen LogP contribution in [0.3, 0.4) is 0 Å². The smallest absolute Gasteiger partial charge is 0.309 e. The van der Waals surface area contributed by atoms with Crippen molar-refractivity contribution in [2.75, 3.05) is 6.61 Å². The molecule has 3 nitrogen and oxygen atoms in total. The van der Waals surface area contributed by atoms with Crippen LogP contribution in [0.2, 0.25) is 0 Å². The topological polar surface area (TPSA) is 46.5 Å². The van der Waals surface area contributed by atoms with Gasteiger partial charge >= 0.3 is 5.97 Å². The molecule has 0 fully saturated rings. The van der Waals surface area contributed by atoms with Crippen molar-refractivity contribution in [1.29, 1.82) is 0 Å². The van der Waals surface area contributed by atoms with Gasteiger partial charge in [0.25, 0.3) is 0 Å². The summed E-state index contributed by atoms with van der Waals surface area (Å²) in [5.41, 5.74) is 0. The van der Waals surface area contributed by atoms with Crippen molar-refractivity contribution in [3.63, 3.8) is 0 Å². The Balaban J connectivity index is 2.51. The third-order valence-electron chi connectivity index (χ3n) is 2.23. The highest BCUT2D eigenvalue weighted by atomic mass is 79.9.